The number of anilines is 1. The van der Waals surface area contributed by atoms with E-state index in [0.717, 1.165) is 25.3 Å². The number of hydrogen-bond acceptors (Lipinski definition) is 4. The highest BCUT2D eigenvalue weighted by atomic mass is 32.2. The zero-order chi connectivity index (χ0) is 20.9. The molecule has 0 saturated heterocycles. The van der Waals surface area contributed by atoms with E-state index in [-0.39, 0.29) is 0 Å². The van der Waals surface area contributed by atoms with Gasteiger partial charge in [-0.05, 0) is 53.3 Å². The summed E-state index contributed by atoms with van der Waals surface area (Å²) >= 11 is 1.71. The largest absolute Gasteiger partial charge is 0.350 e. The van der Waals surface area contributed by atoms with E-state index in [2.05, 4.69) is 107 Å². The second kappa shape index (κ2) is 9.38. The molecule has 0 fully saturated rings. The van der Waals surface area contributed by atoms with Crippen LogP contribution in [-0.2, 0) is 13.0 Å². The normalized spacial score (nSPS) is 15.5. The molecule has 4 aromatic rings. The van der Waals surface area contributed by atoms with Crippen molar-refractivity contribution in [3.63, 3.8) is 0 Å². The lowest BCUT2D eigenvalue weighted by molar-refractivity contribution is 0.564. The highest BCUT2D eigenvalue weighted by molar-refractivity contribution is 7.97. The topological polar surface area (TPSA) is 28.2 Å². The first-order valence-electron chi connectivity index (χ1n) is 10.7. The summed E-state index contributed by atoms with van der Waals surface area (Å²) in [6.07, 6.45) is 2.98. The Morgan fingerprint density at radius 1 is 0.839 bits per heavy atom. The summed E-state index contributed by atoms with van der Waals surface area (Å²) in [5.74, 6) is 1.10. The molecule has 1 aliphatic heterocycles. The summed E-state index contributed by atoms with van der Waals surface area (Å²) in [4.78, 5) is 8.56. The van der Waals surface area contributed by atoms with Gasteiger partial charge in [-0.15, -0.1) is 0 Å². The molecule has 3 aromatic carbocycles. The van der Waals surface area contributed by atoms with E-state index in [9.17, 15) is 0 Å². The second-order valence-electron chi connectivity index (χ2n) is 7.87. The molecule has 0 bridgehead atoms. The highest BCUT2D eigenvalue weighted by Crippen LogP contribution is 2.31. The van der Waals surface area contributed by atoms with Crippen molar-refractivity contribution < 1.29 is 0 Å². The van der Waals surface area contributed by atoms with Crippen molar-refractivity contribution in [2.24, 2.45) is 0 Å². The Hall–Kier alpha value is -3.08. The van der Waals surface area contributed by atoms with E-state index in [1.54, 1.807) is 11.9 Å². The van der Waals surface area contributed by atoms with Crippen LogP contribution in [0.15, 0.2) is 108 Å². The predicted octanol–water partition coefficient (Wildman–Crippen LogP) is 5.98. The molecule has 0 spiro atoms. The minimum Gasteiger partial charge on any atom is -0.350 e. The summed E-state index contributed by atoms with van der Waals surface area (Å²) in [5.41, 5.74) is 4.99. The first-order chi connectivity index (χ1) is 15.3. The Labute approximate surface area is 188 Å². The lowest BCUT2D eigenvalue weighted by Gasteiger charge is -2.35. The molecule has 31 heavy (non-hydrogen) atoms. The molecule has 2 heterocycles. The van der Waals surface area contributed by atoms with Crippen molar-refractivity contribution in [1.82, 2.24) is 9.71 Å². The number of hydrogen-bond donors (Lipinski definition) is 1. The van der Waals surface area contributed by atoms with Crippen LogP contribution in [0.5, 0.6) is 0 Å². The van der Waals surface area contributed by atoms with Crippen molar-refractivity contribution in [1.29, 1.82) is 0 Å². The van der Waals surface area contributed by atoms with E-state index < -0.39 is 0 Å². The van der Waals surface area contributed by atoms with Gasteiger partial charge in [0.05, 0.1) is 0 Å². The Kier molecular flexibility index (Phi) is 6.01. The molecule has 1 atom stereocenters. The smallest absolute Gasteiger partial charge is 0.132 e. The lowest BCUT2D eigenvalue weighted by atomic mass is 9.97. The van der Waals surface area contributed by atoms with E-state index in [4.69, 9.17) is 4.98 Å². The molecule has 1 N–H and O–H groups in total. The van der Waals surface area contributed by atoms with Crippen molar-refractivity contribution in [2.75, 3.05) is 11.4 Å². The molecule has 0 amide bonds. The molecule has 1 aliphatic rings. The van der Waals surface area contributed by atoms with Crippen LogP contribution in [0.4, 0.5) is 5.82 Å². The molecule has 3 nitrogen and oxygen atoms in total. The van der Waals surface area contributed by atoms with Gasteiger partial charge in [0.1, 0.15) is 5.82 Å². The fourth-order valence-electron chi connectivity index (χ4n) is 4.07. The third-order valence-corrected chi connectivity index (χ3v) is 6.52. The average molecular weight is 424 g/mol. The maximum atomic E-state index is 4.92. The van der Waals surface area contributed by atoms with Crippen LogP contribution in [-0.4, -0.2) is 17.6 Å². The minimum absolute atomic E-state index is 0.342. The summed E-state index contributed by atoms with van der Waals surface area (Å²) in [7, 11) is 0. The Bertz CT molecular complexity index is 1120. The minimum atomic E-state index is 0.342. The molecular weight excluding hydrogens is 398 g/mol. The summed E-state index contributed by atoms with van der Waals surface area (Å²) in [6, 6.07) is 34.3. The van der Waals surface area contributed by atoms with E-state index in [1.165, 1.54) is 27.1 Å². The monoisotopic (exact) mass is 423 g/mol. The van der Waals surface area contributed by atoms with Crippen molar-refractivity contribution in [3.05, 3.63) is 114 Å². The third kappa shape index (κ3) is 4.82. The molecule has 0 saturated carbocycles. The zero-order valence-corrected chi connectivity index (χ0v) is 18.1. The first kappa shape index (κ1) is 19.9. The number of nitrogens with zero attached hydrogens (tertiary/aromatic N) is 2. The molecular formula is C27H25N3S. The number of fused-ring (bicyclic) bond motifs is 1. The fraction of sp³-hybridized carbons (Fsp3) is 0.148. The van der Waals surface area contributed by atoms with E-state index in [0.29, 0.717) is 6.04 Å². The van der Waals surface area contributed by atoms with Crippen molar-refractivity contribution in [3.8, 4) is 11.1 Å². The van der Waals surface area contributed by atoms with Crippen LogP contribution in [0.3, 0.4) is 0 Å². The maximum Gasteiger partial charge on any atom is 0.132 e. The Morgan fingerprint density at radius 3 is 2.26 bits per heavy atom. The van der Waals surface area contributed by atoms with Gasteiger partial charge in [-0.2, -0.15) is 0 Å². The van der Waals surface area contributed by atoms with Crippen LogP contribution >= 0.6 is 11.9 Å². The van der Waals surface area contributed by atoms with Gasteiger partial charge in [-0.3, -0.25) is 4.72 Å². The predicted molar refractivity (Wildman–Crippen MR) is 130 cm³/mol. The van der Waals surface area contributed by atoms with Gasteiger partial charge in [0.15, 0.2) is 0 Å². The average Bonchev–Trinajstić information content (AvgIpc) is 2.84. The number of rotatable bonds is 6. The highest BCUT2D eigenvalue weighted by Gasteiger charge is 2.26. The van der Waals surface area contributed by atoms with E-state index in [1.807, 2.05) is 6.20 Å². The number of pyridine rings is 1. The van der Waals surface area contributed by atoms with Crippen LogP contribution in [0.1, 0.15) is 11.1 Å². The number of nitrogens with one attached hydrogen (secondary N) is 1. The van der Waals surface area contributed by atoms with Gasteiger partial charge < -0.3 is 4.90 Å². The number of benzene rings is 3. The zero-order valence-electron chi connectivity index (χ0n) is 17.3. The van der Waals surface area contributed by atoms with Crippen LogP contribution in [0, 0.1) is 0 Å². The standard InChI is InChI=1S/C27H25N3S/c1-4-10-21(11-5-1)19-30-20-25(29-31-26-14-8-3-9-15-26)17-23-16-24(18-28-27(23)30)22-12-6-2-7-13-22/h1-16,18,25,29H,17,19-20H2. The summed E-state index contributed by atoms with van der Waals surface area (Å²) < 4.78 is 3.70. The molecule has 0 aliphatic carbocycles. The first-order valence-corrected chi connectivity index (χ1v) is 11.5. The fourth-order valence-corrected chi connectivity index (χ4v) is 4.82. The molecule has 5 rings (SSSR count). The van der Waals surface area contributed by atoms with Gasteiger partial charge in [0.2, 0.25) is 0 Å². The van der Waals surface area contributed by atoms with E-state index >= 15 is 0 Å². The Balaban J connectivity index is 1.42. The molecule has 0 radical (unpaired) electrons. The maximum absolute atomic E-state index is 4.92. The Morgan fingerprint density at radius 2 is 1.52 bits per heavy atom. The summed E-state index contributed by atoms with van der Waals surface area (Å²) in [5, 5.41) is 0. The molecule has 4 heteroatoms. The van der Waals surface area contributed by atoms with Gasteiger partial charge in [-0.25, -0.2) is 4.98 Å². The van der Waals surface area contributed by atoms with Crippen LogP contribution in [0.2, 0.25) is 0 Å². The SMILES string of the molecule is c1ccc(CN2CC(NSc3ccccc3)Cc3cc(-c4ccccc4)cnc32)cc1. The van der Waals surface area contributed by atoms with Gasteiger partial charge in [0, 0.05) is 35.8 Å². The van der Waals surface area contributed by atoms with Crippen molar-refractivity contribution >= 4 is 17.8 Å². The quantitative estimate of drug-likeness (QED) is 0.386. The summed E-state index contributed by atoms with van der Waals surface area (Å²) in [6.45, 7) is 1.79. The molecule has 1 unspecified atom stereocenters. The van der Waals surface area contributed by atoms with Crippen molar-refractivity contribution in [2.45, 2.75) is 23.9 Å². The third-order valence-electron chi connectivity index (χ3n) is 5.56. The molecule has 154 valence electrons. The second-order valence-corrected chi connectivity index (χ2v) is 8.78. The number of aromatic nitrogens is 1. The lowest BCUT2D eigenvalue weighted by Crippen LogP contribution is -2.44. The molecule has 1 aromatic heterocycles. The van der Waals surface area contributed by atoms with Crippen LogP contribution < -0.4 is 9.62 Å². The van der Waals surface area contributed by atoms with Gasteiger partial charge in [-0.1, -0.05) is 78.9 Å². The van der Waals surface area contributed by atoms with Crippen LogP contribution in [0.25, 0.3) is 11.1 Å². The van der Waals surface area contributed by atoms with Gasteiger partial charge >= 0.3 is 0 Å². The van der Waals surface area contributed by atoms with Gasteiger partial charge in [0.25, 0.3) is 0 Å².